The largest absolute Gasteiger partial charge is 0.364 e. The van der Waals surface area contributed by atoms with Gasteiger partial charge in [-0.25, -0.2) is 0 Å². The summed E-state index contributed by atoms with van der Waals surface area (Å²) in [5.41, 5.74) is 6.55. The second kappa shape index (κ2) is 3.25. The van der Waals surface area contributed by atoms with Gasteiger partial charge in [0, 0.05) is 18.0 Å². The van der Waals surface area contributed by atoms with Gasteiger partial charge in [0.05, 0.1) is 5.69 Å². The number of nitrogens with two attached hydrogens (primary N) is 1. The third kappa shape index (κ3) is 1.33. The van der Waals surface area contributed by atoms with Gasteiger partial charge in [0.2, 0.25) is 0 Å². The number of H-pyrrole nitrogens is 1. The zero-order valence-electron chi connectivity index (χ0n) is 7.14. The molecule has 0 radical (unpaired) electrons. The molecule has 2 aromatic rings. The van der Waals surface area contributed by atoms with Crippen LogP contribution in [0.2, 0.25) is 0 Å². The zero-order chi connectivity index (χ0) is 9.97. The van der Waals surface area contributed by atoms with E-state index in [9.17, 15) is 4.79 Å². The number of nitrogens with zero attached hydrogens (tertiary/aromatic N) is 3. The van der Waals surface area contributed by atoms with Crippen LogP contribution in [0.4, 0.5) is 0 Å². The maximum absolute atomic E-state index is 10.9. The van der Waals surface area contributed by atoms with E-state index in [4.69, 9.17) is 5.73 Å². The van der Waals surface area contributed by atoms with Crippen molar-refractivity contribution in [2.45, 2.75) is 0 Å². The van der Waals surface area contributed by atoms with Crippen LogP contribution in [0.1, 0.15) is 10.5 Å². The van der Waals surface area contributed by atoms with Gasteiger partial charge in [-0.05, 0) is 12.1 Å². The lowest BCUT2D eigenvalue weighted by molar-refractivity contribution is 0.0996. The van der Waals surface area contributed by atoms with Gasteiger partial charge in [0.15, 0.2) is 5.69 Å². The summed E-state index contributed by atoms with van der Waals surface area (Å²) in [5.74, 6) is -0.606. The topological polar surface area (TPSA) is 97.5 Å². The van der Waals surface area contributed by atoms with E-state index in [-0.39, 0.29) is 5.69 Å². The van der Waals surface area contributed by atoms with Crippen LogP contribution in [0, 0.1) is 0 Å². The number of primary amides is 1. The molecular weight excluding hydrogens is 182 g/mol. The highest BCUT2D eigenvalue weighted by Gasteiger charge is 2.13. The Kier molecular flexibility index (Phi) is 1.94. The Morgan fingerprint density at radius 3 is 2.71 bits per heavy atom. The van der Waals surface area contributed by atoms with Crippen LogP contribution in [-0.4, -0.2) is 26.3 Å². The Morgan fingerprint density at radius 2 is 2.07 bits per heavy atom. The van der Waals surface area contributed by atoms with E-state index in [0.717, 1.165) is 5.56 Å². The van der Waals surface area contributed by atoms with Crippen LogP contribution < -0.4 is 5.73 Å². The Balaban J connectivity index is 2.52. The zero-order valence-corrected chi connectivity index (χ0v) is 7.14. The number of aromatic nitrogens is 4. The standard InChI is InChI=1S/C8H7N5O/c9-8(14)7-6(11-13-12-7)5-1-3-10-4-2-5/h1-4H,(H2,9,14)(H,11,12,13). The maximum atomic E-state index is 10.9. The van der Waals surface area contributed by atoms with E-state index >= 15 is 0 Å². The summed E-state index contributed by atoms with van der Waals surface area (Å²) in [7, 11) is 0. The van der Waals surface area contributed by atoms with E-state index in [1.165, 1.54) is 0 Å². The van der Waals surface area contributed by atoms with Crippen molar-refractivity contribution in [3.8, 4) is 11.3 Å². The predicted octanol–water partition coefficient (Wildman–Crippen LogP) is -0.0344. The van der Waals surface area contributed by atoms with E-state index in [2.05, 4.69) is 20.4 Å². The van der Waals surface area contributed by atoms with Crippen molar-refractivity contribution in [1.82, 2.24) is 20.4 Å². The second-order valence-corrected chi connectivity index (χ2v) is 2.64. The Labute approximate surface area is 79.2 Å². The molecule has 0 unspecified atom stereocenters. The van der Waals surface area contributed by atoms with E-state index in [1.807, 2.05) is 0 Å². The summed E-state index contributed by atoms with van der Waals surface area (Å²) < 4.78 is 0. The molecule has 2 aromatic heterocycles. The predicted molar refractivity (Wildman–Crippen MR) is 48.1 cm³/mol. The van der Waals surface area contributed by atoms with E-state index in [0.29, 0.717) is 5.69 Å². The molecule has 1 amide bonds. The molecule has 0 aliphatic rings. The van der Waals surface area contributed by atoms with Gasteiger partial charge in [0.1, 0.15) is 0 Å². The van der Waals surface area contributed by atoms with Gasteiger partial charge in [-0.1, -0.05) is 5.21 Å². The van der Waals surface area contributed by atoms with Crippen LogP contribution in [0.15, 0.2) is 24.5 Å². The minimum absolute atomic E-state index is 0.135. The quantitative estimate of drug-likeness (QED) is 0.692. The minimum atomic E-state index is -0.606. The van der Waals surface area contributed by atoms with Gasteiger partial charge in [-0.3, -0.25) is 14.9 Å². The molecule has 0 saturated carbocycles. The average molecular weight is 189 g/mol. The molecule has 2 heterocycles. The van der Waals surface area contributed by atoms with Crippen molar-refractivity contribution in [2.24, 2.45) is 5.73 Å². The third-order valence-electron chi connectivity index (χ3n) is 1.75. The number of hydrogen-bond donors (Lipinski definition) is 2. The van der Waals surface area contributed by atoms with Crippen molar-refractivity contribution in [2.75, 3.05) is 0 Å². The SMILES string of the molecule is NC(=O)c1nn[nH]c1-c1ccncc1. The fraction of sp³-hybridized carbons (Fsp3) is 0. The van der Waals surface area contributed by atoms with Crippen molar-refractivity contribution >= 4 is 5.91 Å². The molecule has 3 N–H and O–H groups in total. The number of rotatable bonds is 2. The highest BCUT2D eigenvalue weighted by molar-refractivity contribution is 5.96. The summed E-state index contributed by atoms with van der Waals surface area (Å²) in [6.45, 7) is 0. The van der Waals surface area contributed by atoms with Crippen molar-refractivity contribution in [3.63, 3.8) is 0 Å². The summed E-state index contributed by atoms with van der Waals surface area (Å²) in [4.78, 5) is 14.8. The van der Waals surface area contributed by atoms with Crippen LogP contribution in [-0.2, 0) is 0 Å². The molecule has 0 aromatic carbocycles. The average Bonchev–Trinajstić information content (AvgIpc) is 2.67. The minimum Gasteiger partial charge on any atom is -0.364 e. The summed E-state index contributed by atoms with van der Waals surface area (Å²) in [6.07, 6.45) is 3.22. The summed E-state index contributed by atoms with van der Waals surface area (Å²) >= 11 is 0. The van der Waals surface area contributed by atoms with Crippen LogP contribution >= 0.6 is 0 Å². The lowest BCUT2D eigenvalue weighted by atomic mass is 10.1. The van der Waals surface area contributed by atoms with Crippen LogP contribution in [0.3, 0.4) is 0 Å². The van der Waals surface area contributed by atoms with Gasteiger partial charge in [-0.15, -0.1) is 5.10 Å². The van der Waals surface area contributed by atoms with Gasteiger partial charge < -0.3 is 5.73 Å². The Hall–Kier alpha value is -2.24. The third-order valence-corrected chi connectivity index (χ3v) is 1.75. The molecule has 0 fully saturated rings. The molecule has 2 rings (SSSR count). The monoisotopic (exact) mass is 189 g/mol. The number of aromatic amines is 1. The Bertz CT molecular complexity index is 450. The number of nitrogens with one attached hydrogen (secondary N) is 1. The molecule has 0 bridgehead atoms. The van der Waals surface area contributed by atoms with Crippen molar-refractivity contribution < 1.29 is 4.79 Å². The fourth-order valence-corrected chi connectivity index (χ4v) is 1.12. The van der Waals surface area contributed by atoms with Crippen LogP contribution in [0.25, 0.3) is 11.3 Å². The normalized spacial score (nSPS) is 10.0. The molecule has 6 nitrogen and oxygen atoms in total. The van der Waals surface area contributed by atoms with Gasteiger partial charge in [-0.2, -0.15) is 0 Å². The first-order chi connectivity index (χ1) is 6.79. The van der Waals surface area contributed by atoms with Crippen molar-refractivity contribution in [1.29, 1.82) is 0 Å². The van der Waals surface area contributed by atoms with E-state index < -0.39 is 5.91 Å². The smallest absolute Gasteiger partial charge is 0.271 e. The lowest BCUT2D eigenvalue weighted by Crippen LogP contribution is -2.12. The number of hydrogen-bond acceptors (Lipinski definition) is 4. The first kappa shape index (κ1) is 8.36. The highest BCUT2D eigenvalue weighted by atomic mass is 16.1. The molecule has 0 aliphatic heterocycles. The van der Waals surface area contributed by atoms with Crippen LogP contribution in [0.5, 0.6) is 0 Å². The number of carbonyl (C=O) groups excluding carboxylic acids is 1. The number of carbonyl (C=O) groups is 1. The lowest BCUT2D eigenvalue weighted by Gasteiger charge is -1.96. The summed E-state index contributed by atoms with van der Waals surface area (Å²) in [6, 6.07) is 3.48. The van der Waals surface area contributed by atoms with Gasteiger partial charge >= 0.3 is 0 Å². The molecule has 0 aliphatic carbocycles. The molecule has 14 heavy (non-hydrogen) atoms. The van der Waals surface area contributed by atoms with E-state index in [1.54, 1.807) is 24.5 Å². The van der Waals surface area contributed by atoms with Gasteiger partial charge in [0.25, 0.3) is 5.91 Å². The highest BCUT2D eigenvalue weighted by Crippen LogP contribution is 2.17. The molecule has 70 valence electrons. The first-order valence-electron chi connectivity index (χ1n) is 3.90. The molecule has 0 spiro atoms. The molecule has 0 saturated heterocycles. The number of amides is 1. The molecule has 0 atom stereocenters. The Morgan fingerprint density at radius 1 is 1.36 bits per heavy atom. The summed E-state index contributed by atoms with van der Waals surface area (Å²) in [5, 5.41) is 9.73. The molecular formula is C8H7N5O. The van der Waals surface area contributed by atoms with Crippen molar-refractivity contribution in [3.05, 3.63) is 30.2 Å². The molecule has 6 heteroatoms. The number of pyridine rings is 1. The first-order valence-corrected chi connectivity index (χ1v) is 3.90. The maximum Gasteiger partial charge on any atom is 0.271 e. The second-order valence-electron chi connectivity index (χ2n) is 2.64. The fourth-order valence-electron chi connectivity index (χ4n) is 1.12.